The molecule has 2 aromatic rings. The minimum Gasteiger partial charge on any atom is -0.383 e. The fourth-order valence-electron chi connectivity index (χ4n) is 4.34. The van der Waals surface area contributed by atoms with Crippen molar-refractivity contribution in [2.75, 3.05) is 58.0 Å². The SMILES string of the molecule is COCC(NC(=O)N1CCN(c2cccc3[nH]ccc23)CC1)C1CCOCC1. The van der Waals surface area contributed by atoms with E-state index in [0.29, 0.717) is 12.5 Å². The first-order chi connectivity index (χ1) is 13.8. The molecule has 2 aliphatic heterocycles. The number of carbonyl (C=O) groups is 1. The van der Waals surface area contributed by atoms with Gasteiger partial charge in [0.05, 0.1) is 12.6 Å². The van der Waals surface area contributed by atoms with E-state index in [9.17, 15) is 4.79 Å². The summed E-state index contributed by atoms with van der Waals surface area (Å²) in [6.07, 6.45) is 3.93. The number of aromatic nitrogens is 1. The van der Waals surface area contributed by atoms with Gasteiger partial charge in [-0.1, -0.05) is 6.07 Å². The number of benzene rings is 1. The number of nitrogens with zero attached hydrogens (tertiary/aromatic N) is 2. The topological polar surface area (TPSA) is 69.8 Å². The fourth-order valence-corrected chi connectivity index (χ4v) is 4.34. The molecule has 2 fully saturated rings. The zero-order chi connectivity index (χ0) is 19.3. The van der Waals surface area contributed by atoms with Gasteiger partial charge in [0.2, 0.25) is 0 Å². The molecule has 2 saturated heterocycles. The molecule has 1 aromatic heterocycles. The van der Waals surface area contributed by atoms with Gasteiger partial charge in [-0.05, 0) is 37.0 Å². The number of H-pyrrole nitrogens is 1. The molecule has 28 heavy (non-hydrogen) atoms. The summed E-state index contributed by atoms with van der Waals surface area (Å²) in [6.45, 7) is 5.20. The van der Waals surface area contributed by atoms with Gasteiger partial charge in [0.25, 0.3) is 0 Å². The van der Waals surface area contributed by atoms with Gasteiger partial charge in [0, 0.05) is 69.3 Å². The highest BCUT2D eigenvalue weighted by atomic mass is 16.5. The average Bonchev–Trinajstić information content (AvgIpc) is 3.23. The summed E-state index contributed by atoms with van der Waals surface area (Å²) in [7, 11) is 1.69. The standard InChI is InChI=1S/C21H30N4O3/c1-27-15-19(16-6-13-28-14-7-16)23-21(26)25-11-9-24(10-12-25)20-4-2-3-18-17(20)5-8-22-18/h2-5,8,16,19,22H,6-7,9-15H2,1H3,(H,23,26). The maximum Gasteiger partial charge on any atom is 0.317 e. The Labute approximate surface area is 166 Å². The second-order valence-electron chi connectivity index (χ2n) is 7.65. The van der Waals surface area contributed by atoms with Crippen molar-refractivity contribution in [3.63, 3.8) is 0 Å². The van der Waals surface area contributed by atoms with Crippen molar-refractivity contribution >= 4 is 22.6 Å². The van der Waals surface area contributed by atoms with E-state index in [1.54, 1.807) is 7.11 Å². The van der Waals surface area contributed by atoms with Crippen LogP contribution in [-0.4, -0.2) is 75.1 Å². The molecule has 1 unspecified atom stereocenters. The van der Waals surface area contributed by atoms with Crippen LogP contribution in [0, 0.1) is 5.92 Å². The Balaban J connectivity index is 1.35. The molecule has 0 radical (unpaired) electrons. The quantitative estimate of drug-likeness (QED) is 0.828. The van der Waals surface area contributed by atoms with Crippen molar-refractivity contribution in [3.05, 3.63) is 30.5 Å². The van der Waals surface area contributed by atoms with Gasteiger partial charge in [-0.15, -0.1) is 0 Å². The highest BCUT2D eigenvalue weighted by Crippen LogP contribution is 2.27. The summed E-state index contributed by atoms with van der Waals surface area (Å²) in [5.41, 5.74) is 2.38. The number of hydrogen-bond donors (Lipinski definition) is 2. The summed E-state index contributed by atoms with van der Waals surface area (Å²) in [4.78, 5) is 20.4. The van der Waals surface area contributed by atoms with Crippen LogP contribution in [0.3, 0.4) is 0 Å². The van der Waals surface area contributed by atoms with Crippen molar-refractivity contribution in [1.82, 2.24) is 15.2 Å². The first kappa shape index (κ1) is 19.1. The molecule has 0 aliphatic carbocycles. The van der Waals surface area contributed by atoms with Crippen LogP contribution in [0.2, 0.25) is 0 Å². The predicted molar refractivity (Wildman–Crippen MR) is 110 cm³/mol. The van der Waals surface area contributed by atoms with Crippen LogP contribution in [0.1, 0.15) is 12.8 Å². The fraction of sp³-hybridized carbons (Fsp3) is 0.571. The van der Waals surface area contributed by atoms with Crippen LogP contribution in [0.15, 0.2) is 30.5 Å². The van der Waals surface area contributed by atoms with Crippen LogP contribution in [0.25, 0.3) is 10.9 Å². The lowest BCUT2D eigenvalue weighted by Gasteiger charge is -2.38. The van der Waals surface area contributed by atoms with E-state index in [0.717, 1.165) is 57.8 Å². The number of methoxy groups -OCH3 is 1. The lowest BCUT2D eigenvalue weighted by atomic mass is 9.92. The monoisotopic (exact) mass is 386 g/mol. The molecule has 1 aromatic carbocycles. The molecule has 2 aliphatic rings. The van der Waals surface area contributed by atoms with Crippen LogP contribution in [0.4, 0.5) is 10.5 Å². The second-order valence-corrected chi connectivity index (χ2v) is 7.65. The maximum atomic E-state index is 12.8. The van der Waals surface area contributed by atoms with Gasteiger partial charge in [0.15, 0.2) is 0 Å². The van der Waals surface area contributed by atoms with E-state index in [2.05, 4.69) is 39.5 Å². The van der Waals surface area contributed by atoms with E-state index >= 15 is 0 Å². The van der Waals surface area contributed by atoms with E-state index in [1.165, 1.54) is 11.1 Å². The Kier molecular flexibility index (Phi) is 6.02. The van der Waals surface area contributed by atoms with Crippen molar-refractivity contribution in [3.8, 4) is 0 Å². The normalized spacial score (nSPS) is 19.8. The molecular formula is C21H30N4O3. The molecule has 0 spiro atoms. The molecule has 0 bridgehead atoms. The van der Waals surface area contributed by atoms with Crippen molar-refractivity contribution in [2.45, 2.75) is 18.9 Å². The number of hydrogen-bond acceptors (Lipinski definition) is 4. The number of fused-ring (bicyclic) bond motifs is 1. The molecule has 4 rings (SSSR count). The van der Waals surface area contributed by atoms with Gasteiger partial charge < -0.3 is 29.6 Å². The van der Waals surface area contributed by atoms with Gasteiger partial charge in [-0.2, -0.15) is 0 Å². The zero-order valence-electron chi connectivity index (χ0n) is 16.5. The molecule has 3 heterocycles. The summed E-state index contributed by atoms with van der Waals surface area (Å²) in [5.74, 6) is 0.421. The van der Waals surface area contributed by atoms with Crippen molar-refractivity contribution in [2.24, 2.45) is 5.92 Å². The van der Waals surface area contributed by atoms with Crippen LogP contribution in [0.5, 0.6) is 0 Å². The molecule has 7 nitrogen and oxygen atoms in total. The molecule has 2 amide bonds. The minimum absolute atomic E-state index is 0.0213. The Morgan fingerprint density at radius 1 is 1.25 bits per heavy atom. The number of aromatic amines is 1. The smallest absolute Gasteiger partial charge is 0.317 e. The summed E-state index contributed by atoms with van der Waals surface area (Å²) >= 11 is 0. The lowest BCUT2D eigenvalue weighted by molar-refractivity contribution is 0.0383. The van der Waals surface area contributed by atoms with Gasteiger partial charge in [-0.25, -0.2) is 4.79 Å². The second kappa shape index (κ2) is 8.84. The third kappa shape index (κ3) is 4.10. The Hall–Kier alpha value is -2.25. The molecule has 0 saturated carbocycles. The third-order valence-corrected chi connectivity index (χ3v) is 5.97. The molecular weight excluding hydrogens is 356 g/mol. The number of amides is 2. The van der Waals surface area contributed by atoms with Crippen LogP contribution in [-0.2, 0) is 9.47 Å². The lowest BCUT2D eigenvalue weighted by Crippen LogP contribution is -2.55. The number of anilines is 1. The van der Waals surface area contributed by atoms with E-state index in [1.807, 2.05) is 11.1 Å². The van der Waals surface area contributed by atoms with Gasteiger partial charge >= 0.3 is 6.03 Å². The number of urea groups is 1. The van der Waals surface area contributed by atoms with Crippen LogP contribution >= 0.6 is 0 Å². The minimum atomic E-state index is 0.0213. The average molecular weight is 386 g/mol. The van der Waals surface area contributed by atoms with Crippen LogP contribution < -0.4 is 10.2 Å². The van der Waals surface area contributed by atoms with Gasteiger partial charge in [0.1, 0.15) is 0 Å². The highest BCUT2D eigenvalue weighted by molar-refractivity contribution is 5.92. The van der Waals surface area contributed by atoms with E-state index < -0.39 is 0 Å². The third-order valence-electron chi connectivity index (χ3n) is 5.97. The molecule has 1 atom stereocenters. The Morgan fingerprint density at radius 2 is 2.04 bits per heavy atom. The summed E-state index contributed by atoms with van der Waals surface area (Å²) in [5, 5.41) is 4.46. The van der Waals surface area contributed by atoms with Crippen molar-refractivity contribution < 1.29 is 14.3 Å². The zero-order valence-corrected chi connectivity index (χ0v) is 16.5. The van der Waals surface area contributed by atoms with E-state index in [-0.39, 0.29) is 12.1 Å². The Morgan fingerprint density at radius 3 is 2.79 bits per heavy atom. The summed E-state index contributed by atoms with van der Waals surface area (Å²) < 4.78 is 10.8. The molecule has 7 heteroatoms. The van der Waals surface area contributed by atoms with Crippen molar-refractivity contribution in [1.29, 1.82) is 0 Å². The van der Waals surface area contributed by atoms with E-state index in [4.69, 9.17) is 9.47 Å². The van der Waals surface area contributed by atoms with Gasteiger partial charge in [-0.3, -0.25) is 0 Å². The number of nitrogens with one attached hydrogen (secondary N) is 2. The maximum absolute atomic E-state index is 12.8. The molecule has 2 N–H and O–H groups in total. The number of piperazine rings is 1. The number of carbonyl (C=O) groups excluding carboxylic acids is 1. The molecule has 152 valence electrons. The summed E-state index contributed by atoms with van der Waals surface area (Å²) in [6, 6.07) is 8.52. The largest absolute Gasteiger partial charge is 0.383 e. The first-order valence-corrected chi connectivity index (χ1v) is 10.2. The highest BCUT2D eigenvalue weighted by Gasteiger charge is 2.28. The first-order valence-electron chi connectivity index (χ1n) is 10.2. The Bertz CT molecular complexity index is 779. The number of ether oxygens (including phenoxy) is 2. The number of rotatable bonds is 5. The predicted octanol–water partition coefficient (Wildman–Crippen LogP) is 2.44.